The number of hydrogen-bond acceptors (Lipinski definition) is 4. The van der Waals surface area contributed by atoms with Crippen LogP contribution in [0.1, 0.15) is 0 Å². The topological polar surface area (TPSA) is 48.1 Å². The average molecular weight is 220 g/mol. The van der Waals surface area contributed by atoms with Crippen molar-refractivity contribution >= 4 is 11.3 Å². The van der Waals surface area contributed by atoms with Crippen molar-refractivity contribution in [3.63, 3.8) is 0 Å². The molecule has 0 radical (unpaired) electrons. The summed E-state index contributed by atoms with van der Waals surface area (Å²) in [7, 11) is 0. The lowest BCUT2D eigenvalue weighted by atomic mass is 10.2. The van der Waals surface area contributed by atoms with E-state index in [1.165, 1.54) is 0 Å². The fourth-order valence-electron chi connectivity index (χ4n) is 1.25. The van der Waals surface area contributed by atoms with E-state index in [1.54, 1.807) is 11.3 Å². The largest absolute Gasteiger partial charge is 0.492 e. The molecule has 0 saturated carbocycles. The van der Waals surface area contributed by atoms with Gasteiger partial charge in [0.25, 0.3) is 0 Å². The second kappa shape index (κ2) is 4.91. The van der Waals surface area contributed by atoms with E-state index in [0.717, 1.165) is 17.0 Å². The Morgan fingerprint density at radius 1 is 1.27 bits per heavy atom. The van der Waals surface area contributed by atoms with Crippen molar-refractivity contribution in [3.05, 3.63) is 35.2 Å². The predicted molar refractivity (Wildman–Crippen MR) is 62.1 cm³/mol. The van der Waals surface area contributed by atoms with Gasteiger partial charge >= 0.3 is 0 Å². The van der Waals surface area contributed by atoms with Gasteiger partial charge in [-0.2, -0.15) is 0 Å². The molecule has 0 saturated heterocycles. The summed E-state index contributed by atoms with van der Waals surface area (Å²) in [5.41, 5.74) is 9.29. The Bertz CT molecular complexity index is 397. The zero-order valence-electron chi connectivity index (χ0n) is 8.22. The lowest BCUT2D eigenvalue weighted by Gasteiger charge is -2.04. The van der Waals surface area contributed by atoms with E-state index >= 15 is 0 Å². The quantitative estimate of drug-likeness (QED) is 0.858. The monoisotopic (exact) mass is 220 g/mol. The maximum Gasteiger partial charge on any atom is 0.119 e. The van der Waals surface area contributed by atoms with Gasteiger partial charge in [-0.15, -0.1) is 11.3 Å². The lowest BCUT2D eigenvalue weighted by Crippen LogP contribution is -2.10. The lowest BCUT2D eigenvalue weighted by molar-refractivity contribution is 0.328. The van der Waals surface area contributed by atoms with Crippen molar-refractivity contribution in [1.29, 1.82) is 0 Å². The Morgan fingerprint density at radius 3 is 2.67 bits per heavy atom. The van der Waals surface area contributed by atoms with E-state index in [9.17, 15) is 0 Å². The molecule has 1 aromatic carbocycles. The fraction of sp³-hybridized carbons (Fsp3) is 0.182. The third-order valence-electron chi connectivity index (χ3n) is 1.97. The predicted octanol–water partition coefficient (Wildman–Crippen LogP) is 2.15. The van der Waals surface area contributed by atoms with Crippen LogP contribution in [0.5, 0.6) is 5.75 Å². The van der Waals surface area contributed by atoms with Gasteiger partial charge in [-0.05, 0) is 24.3 Å². The van der Waals surface area contributed by atoms with Gasteiger partial charge in [-0.3, -0.25) is 0 Å². The summed E-state index contributed by atoms with van der Waals surface area (Å²) in [4.78, 5) is 4.24. The first-order valence-electron chi connectivity index (χ1n) is 4.71. The highest BCUT2D eigenvalue weighted by molar-refractivity contribution is 7.07. The summed E-state index contributed by atoms with van der Waals surface area (Å²) in [6, 6.07) is 7.87. The number of nitrogens with zero attached hydrogens (tertiary/aromatic N) is 1. The van der Waals surface area contributed by atoms with Gasteiger partial charge in [0, 0.05) is 17.5 Å². The third-order valence-corrected chi connectivity index (χ3v) is 2.56. The Hall–Kier alpha value is -1.39. The van der Waals surface area contributed by atoms with Crippen LogP contribution in [0.2, 0.25) is 0 Å². The van der Waals surface area contributed by atoms with Gasteiger partial charge in [0.15, 0.2) is 0 Å². The summed E-state index contributed by atoms with van der Waals surface area (Å²) in [6.45, 7) is 1.09. The molecule has 1 aromatic heterocycles. The van der Waals surface area contributed by atoms with Crippen LogP contribution in [0.4, 0.5) is 0 Å². The molecular formula is C11H12N2OS. The zero-order chi connectivity index (χ0) is 10.5. The summed E-state index contributed by atoms with van der Waals surface area (Å²) in [6.07, 6.45) is 0. The molecule has 2 N–H and O–H groups in total. The van der Waals surface area contributed by atoms with Gasteiger partial charge < -0.3 is 10.5 Å². The number of thiazole rings is 1. The van der Waals surface area contributed by atoms with E-state index in [0.29, 0.717) is 13.2 Å². The molecule has 0 atom stereocenters. The molecular weight excluding hydrogens is 208 g/mol. The highest BCUT2D eigenvalue weighted by atomic mass is 32.1. The van der Waals surface area contributed by atoms with Gasteiger partial charge in [-0.1, -0.05) is 0 Å². The van der Waals surface area contributed by atoms with Crippen LogP contribution in [-0.2, 0) is 0 Å². The molecule has 2 rings (SSSR count). The first kappa shape index (κ1) is 10.1. The normalized spacial score (nSPS) is 10.2. The Kier molecular flexibility index (Phi) is 3.32. The number of nitrogens with two attached hydrogens (primary N) is 1. The molecule has 0 aliphatic rings. The number of aromatic nitrogens is 1. The molecule has 78 valence electrons. The van der Waals surface area contributed by atoms with Crippen molar-refractivity contribution < 1.29 is 4.74 Å². The van der Waals surface area contributed by atoms with Crippen molar-refractivity contribution in [2.75, 3.05) is 13.2 Å². The highest BCUT2D eigenvalue weighted by Gasteiger charge is 1.99. The van der Waals surface area contributed by atoms with Crippen LogP contribution in [0.3, 0.4) is 0 Å². The van der Waals surface area contributed by atoms with Gasteiger partial charge in [0.1, 0.15) is 12.4 Å². The second-order valence-electron chi connectivity index (χ2n) is 3.04. The molecule has 0 aliphatic heterocycles. The minimum atomic E-state index is 0.536. The molecule has 0 unspecified atom stereocenters. The van der Waals surface area contributed by atoms with Crippen LogP contribution in [-0.4, -0.2) is 18.1 Å². The summed E-state index contributed by atoms with van der Waals surface area (Å²) >= 11 is 1.59. The zero-order valence-corrected chi connectivity index (χ0v) is 9.04. The van der Waals surface area contributed by atoms with E-state index in [2.05, 4.69) is 4.98 Å². The summed E-state index contributed by atoms with van der Waals surface area (Å²) < 4.78 is 5.38. The van der Waals surface area contributed by atoms with Crippen LogP contribution in [0, 0.1) is 0 Å². The van der Waals surface area contributed by atoms with Gasteiger partial charge in [-0.25, -0.2) is 4.98 Å². The average Bonchev–Trinajstić information content (AvgIpc) is 2.80. The van der Waals surface area contributed by atoms with Crippen molar-refractivity contribution in [1.82, 2.24) is 4.98 Å². The van der Waals surface area contributed by atoms with Crippen molar-refractivity contribution in [2.45, 2.75) is 0 Å². The maximum atomic E-state index is 5.38. The van der Waals surface area contributed by atoms with Crippen molar-refractivity contribution in [2.24, 2.45) is 5.73 Å². The van der Waals surface area contributed by atoms with Gasteiger partial charge in [0.05, 0.1) is 11.2 Å². The first-order valence-corrected chi connectivity index (χ1v) is 5.66. The maximum absolute atomic E-state index is 5.38. The van der Waals surface area contributed by atoms with Gasteiger partial charge in [0.2, 0.25) is 0 Å². The second-order valence-corrected chi connectivity index (χ2v) is 3.75. The molecule has 3 nitrogen and oxygen atoms in total. The molecule has 1 heterocycles. The minimum absolute atomic E-state index is 0.536. The van der Waals surface area contributed by atoms with E-state index in [-0.39, 0.29) is 0 Å². The smallest absolute Gasteiger partial charge is 0.119 e. The van der Waals surface area contributed by atoms with Crippen LogP contribution in [0.25, 0.3) is 11.3 Å². The molecule has 0 amide bonds. The molecule has 0 fully saturated rings. The number of hydrogen-bond donors (Lipinski definition) is 1. The Balaban J connectivity index is 2.11. The number of ether oxygens (including phenoxy) is 1. The van der Waals surface area contributed by atoms with E-state index in [1.807, 2.05) is 35.2 Å². The molecule has 0 spiro atoms. The number of benzene rings is 1. The highest BCUT2D eigenvalue weighted by Crippen LogP contribution is 2.21. The fourth-order valence-corrected chi connectivity index (χ4v) is 1.81. The SMILES string of the molecule is NCCOc1ccc(-c2cscn2)cc1. The standard InChI is InChI=1S/C11H12N2OS/c12-5-6-14-10-3-1-9(2-4-10)11-7-15-8-13-11/h1-4,7-8H,5-6,12H2. The van der Waals surface area contributed by atoms with Crippen LogP contribution >= 0.6 is 11.3 Å². The Morgan fingerprint density at radius 2 is 2.07 bits per heavy atom. The number of rotatable bonds is 4. The van der Waals surface area contributed by atoms with E-state index in [4.69, 9.17) is 10.5 Å². The summed E-state index contributed by atoms with van der Waals surface area (Å²) in [5.74, 6) is 0.847. The van der Waals surface area contributed by atoms with Crippen molar-refractivity contribution in [3.8, 4) is 17.0 Å². The molecule has 2 aromatic rings. The van der Waals surface area contributed by atoms with Crippen LogP contribution in [0.15, 0.2) is 35.2 Å². The molecule has 15 heavy (non-hydrogen) atoms. The molecule has 0 aliphatic carbocycles. The minimum Gasteiger partial charge on any atom is -0.492 e. The third kappa shape index (κ3) is 2.55. The summed E-state index contributed by atoms with van der Waals surface area (Å²) in [5, 5.41) is 2.02. The van der Waals surface area contributed by atoms with E-state index < -0.39 is 0 Å². The molecule has 4 heteroatoms. The first-order chi connectivity index (χ1) is 7.40. The molecule has 0 bridgehead atoms. The van der Waals surface area contributed by atoms with Crippen LogP contribution < -0.4 is 10.5 Å². The Labute approximate surface area is 92.5 Å².